The highest BCUT2D eigenvalue weighted by Gasteiger charge is 2.98. The van der Waals surface area contributed by atoms with E-state index in [9.17, 15) is 14.7 Å². The number of likely N-dealkylation sites (tertiary alicyclic amines) is 1. The van der Waals surface area contributed by atoms with Crippen LogP contribution in [0.1, 0.15) is 60.3 Å². The number of nitrogens with zero attached hydrogens (tertiary/aromatic N) is 1. The summed E-state index contributed by atoms with van der Waals surface area (Å²) in [6.07, 6.45) is 0.555. The summed E-state index contributed by atoms with van der Waals surface area (Å²) in [5, 5.41) is 13.6. The van der Waals surface area contributed by atoms with Crippen LogP contribution >= 0.6 is 0 Å². The Hall–Kier alpha value is -1.30. The minimum absolute atomic E-state index is 0.00150. The number of piperidine rings is 1. The number of aliphatic hydroxyl groups is 1. The molecule has 2 saturated heterocycles. The lowest BCUT2D eigenvalue weighted by molar-refractivity contribution is -0.331. The van der Waals surface area contributed by atoms with Crippen LogP contribution in [0.2, 0.25) is 0 Å². The van der Waals surface area contributed by atoms with Crippen molar-refractivity contribution in [2.45, 2.75) is 108 Å². The number of ether oxygens (including phenoxy) is 6. The lowest BCUT2D eigenvalue weighted by atomic mass is 9.41. The normalized spacial score (nSPS) is 55.3. The first-order valence-corrected chi connectivity index (χ1v) is 15.1. The number of likely N-dealkylation sites (N-methyl/N-ethyl adjacent to an activating group) is 1. The van der Waals surface area contributed by atoms with Gasteiger partial charge in [-0.1, -0.05) is 27.7 Å². The molecule has 0 aromatic rings. The van der Waals surface area contributed by atoms with E-state index in [0.29, 0.717) is 12.8 Å². The Bertz CT molecular complexity index is 1120. The molecule has 10 heteroatoms. The van der Waals surface area contributed by atoms with Crippen molar-refractivity contribution < 1.29 is 43.1 Å². The highest BCUT2D eigenvalue weighted by molar-refractivity contribution is 5.72. The van der Waals surface area contributed by atoms with Crippen molar-refractivity contribution in [2.75, 3.05) is 34.1 Å². The van der Waals surface area contributed by atoms with Gasteiger partial charge in [0, 0.05) is 45.9 Å². The minimum Gasteiger partial charge on any atom is -0.461 e. The Morgan fingerprint density at radius 3 is 2.48 bits per heavy atom. The Balaban J connectivity index is 1.57. The van der Waals surface area contributed by atoms with Gasteiger partial charge >= 0.3 is 11.9 Å². The summed E-state index contributed by atoms with van der Waals surface area (Å²) in [7, 11) is 3.40. The smallest absolute Gasteiger partial charge is 0.308 e. The first-order chi connectivity index (χ1) is 18.9. The predicted octanol–water partition coefficient (Wildman–Crippen LogP) is 1.90. The predicted molar refractivity (Wildman–Crippen MR) is 140 cm³/mol. The summed E-state index contributed by atoms with van der Waals surface area (Å²) in [5.74, 6) is -2.04. The van der Waals surface area contributed by atoms with Crippen molar-refractivity contribution >= 4 is 11.9 Å². The Morgan fingerprint density at radius 2 is 1.85 bits per heavy atom. The molecule has 7 bridgehead atoms. The van der Waals surface area contributed by atoms with Crippen LogP contribution in [0.3, 0.4) is 0 Å². The van der Waals surface area contributed by atoms with Crippen molar-refractivity contribution in [1.82, 2.24) is 4.90 Å². The summed E-state index contributed by atoms with van der Waals surface area (Å²) in [6.45, 7) is 11.1. The monoisotopic (exact) mass is 563 g/mol. The van der Waals surface area contributed by atoms with E-state index in [2.05, 4.69) is 18.7 Å². The number of esters is 2. The van der Waals surface area contributed by atoms with Gasteiger partial charge in [0.15, 0.2) is 5.60 Å². The molecule has 5 aliphatic carbocycles. The molecule has 1 N–H and O–H groups in total. The third-order valence-electron chi connectivity index (χ3n) is 12.6. The molecular weight excluding hydrogens is 518 g/mol. The van der Waals surface area contributed by atoms with Gasteiger partial charge in [0.2, 0.25) is 0 Å². The fourth-order valence-corrected chi connectivity index (χ4v) is 11.9. The largest absolute Gasteiger partial charge is 0.461 e. The standard InChI is InChI=1S/C30H45NO9/c1-8-31-13-26(5)10-9-19(36-7)29-22(26)23(39-16(4)32)30(25(29)31)28(37-14-38-30)12-18(35-6)17-11-27(29,34)21(28)20(17)40-24(33)15(2)3/h15,17-23,25,34H,8-14H2,1-7H3/t17-,18+,19+,20+,21+,22-,23+,25?,26+,27+,28-,29-,30-/m1/s1. The molecule has 0 aromatic carbocycles. The Kier molecular flexibility index (Phi) is 5.79. The minimum atomic E-state index is -1.34. The average molecular weight is 564 g/mol. The number of rotatable bonds is 6. The molecule has 7 aliphatic rings. The van der Waals surface area contributed by atoms with E-state index >= 15 is 0 Å². The van der Waals surface area contributed by atoms with Gasteiger partial charge in [-0.2, -0.15) is 0 Å². The Morgan fingerprint density at radius 1 is 1.10 bits per heavy atom. The van der Waals surface area contributed by atoms with E-state index in [4.69, 9.17) is 28.4 Å². The van der Waals surface area contributed by atoms with Gasteiger partial charge in [0.25, 0.3) is 0 Å². The molecule has 13 atom stereocenters. The number of carbonyl (C=O) groups is 2. The van der Waals surface area contributed by atoms with Crippen molar-refractivity contribution in [3.05, 3.63) is 0 Å². The number of fused-ring (bicyclic) bond motifs is 1. The zero-order valence-electron chi connectivity index (χ0n) is 24.8. The number of hydrogen-bond acceptors (Lipinski definition) is 10. The van der Waals surface area contributed by atoms with Gasteiger partial charge in [-0.15, -0.1) is 0 Å². The third-order valence-corrected chi connectivity index (χ3v) is 12.6. The number of hydrogen-bond donors (Lipinski definition) is 1. The van der Waals surface area contributed by atoms with Gasteiger partial charge in [-0.25, -0.2) is 0 Å². The molecule has 2 heterocycles. The summed E-state index contributed by atoms with van der Waals surface area (Å²) in [5.41, 5.74) is -4.64. The van der Waals surface area contributed by atoms with Crippen LogP contribution in [0, 0.1) is 34.5 Å². The Labute approximate surface area is 236 Å². The molecule has 0 radical (unpaired) electrons. The average Bonchev–Trinajstić information content (AvgIpc) is 3.44. The fraction of sp³-hybridized carbons (Fsp3) is 0.933. The van der Waals surface area contributed by atoms with E-state index < -0.39 is 40.3 Å². The van der Waals surface area contributed by atoms with Gasteiger partial charge in [-0.3, -0.25) is 14.5 Å². The maximum atomic E-state index is 13.6. The van der Waals surface area contributed by atoms with E-state index in [1.165, 1.54) is 6.92 Å². The van der Waals surface area contributed by atoms with Crippen LogP contribution in [0.5, 0.6) is 0 Å². The molecule has 0 amide bonds. The highest BCUT2D eigenvalue weighted by Crippen LogP contribution is 2.83. The van der Waals surface area contributed by atoms with E-state index in [0.717, 1.165) is 25.9 Å². The lowest BCUT2D eigenvalue weighted by Crippen LogP contribution is -2.85. The van der Waals surface area contributed by atoms with Gasteiger partial charge < -0.3 is 33.5 Å². The molecule has 1 unspecified atom stereocenters. The highest BCUT2D eigenvalue weighted by atomic mass is 16.7. The maximum absolute atomic E-state index is 13.6. The second-order valence-electron chi connectivity index (χ2n) is 14.2. The molecule has 0 aromatic heterocycles. The first-order valence-electron chi connectivity index (χ1n) is 15.1. The van der Waals surface area contributed by atoms with Gasteiger partial charge in [0.05, 0.1) is 41.1 Å². The topological polar surface area (TPSA) is 113 Å². The summed E-state index contributed by atoms with van der Waals surface area (Å²) < 4.78 is 38.9. The van der Waals surface area contributed by atoms with E-state index in [1.54, 1.807) is 14.2 Å². The van der Waals surface area contributed by atoms with Crippen LogP contribution in [-0.4, -0.2) is 103 Å². The van der Waals surface area contributed by atoms with Gasteiger partial charge in [0.1, 0.15) is 24.6 Å². The molecular formula is C30H45NO9. The summed E-state index contributed by atoms with van der Waals surface area (Å²) in [6, 6.07) is -0.322. The maximum Gasteiger partial charge on any atom is 0.308 e. The lowest BCUT2D eigenvalue weighted by Gasteiger charge is -2.71. The van der Waals surface area contributed by atoms with E-state index in [1.807, 2.05) is 13.8 Å². The quantitative estimate of drug-likeness (QED) is 0.481. The molecule has 10 nitrogen and oxygen atoms in total. The van der Waals surface area contributed by atoms with Crippen LogP contribution in [0.15, 0.2) is 0 Å². The molecule has 3 spiro atoms. The third kappa shape index (κ3) is 2.70. The molecule has 40 heavy (non-hydrogen) atoms. The first kappa shape index (κ1) is 27.5. The molecule has 7 fully saturated rings. The second-order valence-corrected chi connectivity index (χ2v) is 14.2. The number of methoxy groups -OCH3 is 2. The molecule has 224 valence electrons. The van der Waals surface area contributed by atoms with Crippen molar-refractivity contribution in [3.63, 3.8) is 0 Å². The summed E-state index contributed by atoms with van der Waals surface area (Å²) >= 11 is 0. The fourth-order valence-electron chi connectivity index (χ4n) is 11.9. The van der Waals surface area contributed by atoms with E-state index in [-0.39, 0.29) is 60.2 Å². The zero-order chi connectivity index (χ0) is 28.6. The zero-order valence-corrected chi connectivity index (χ0v) is 24.8. The second kappa shape index (κ2) is 8.41. The molecule has 2 aliphatic heterocycles. The van der Waals surface area contributed by atoms with Crippen molar-refractivity contribution in [2.24, 2.45) is 34.5 Å². The van der Waals surface area contributed by atoms with Crippen molar-refractivity contribution in [1.29, 1.82) is 0 Å². The number of carbonyl (C=O) groups excluding carboxylic acids is 2. The van der Waals surface area contributed by atoms with Crippen LogP contribution in [0.25, 0.3) is 0 Å². The van der Waals surface area contributed by atoms with Crippen LogP contribution < -0.4 is 0 Å². The molecule has 7 rings (SSSR count). The summed E-state index contributed by atoms with van der Waals surface area (Å²) in [4.78, 5) is 28.5. The van der Waals surface area contributed by atoms with Crippen molar-refractivity contribution in [3.8, 4) is 0 Å². The SMILES string of the molecule is CCN1C[C@]2(C)CC[C@H](OC)[C@@]34C1[C@]1(OCO[C@@]15C[C@H](OC)[C@H]1C[C@]3(O)[C@@H]5[C@H]1OC(=O)C(C)C)[C@@H](OC(C)=O)[C@H]24. The van der Waals surface area contributed by atoms with Crippen LogP contribution in [0.4, 0.5) is 0 Å². The van der Waals surface area contributed by atoms with Gasteiger partial charge in [-0.05, 0) is 31.2 Å². The molecule has 5 saturated carbocycles. The van der Waals surface area contributed by atoms with Crippen LogP contribution in [-0.2, 0) is 38.0 Å².